The molecule has 26 heavy (non-hydrogen) atoms. The lowest BCUT2D eigenvalue weighted by atomic mass is 10.0. The molecule has 1 aromatic heterocycles. The number of benzene rings is 1. The number of nitrogens with two attached hydrogens (primary N) is 2. The van der Waals surface area contributed by atoms with Gasteiger partial charge >= 0.3 is 6.03 Å². The van der Waals surface area contributed by atoms with Crippen molar-refractivity contribution in [2.45, 2.75) is 43.7 Å². The number of amides is 3. The molecule has 5 N–H and O–H groups in total. The molecule has 140 valence electrons. The zero-order chi connectivity index (χ0) is 19.3. The molecule has 0 unspecified atom stereocenters. The predicted octanol–water partition coefficient (Wildman–Crippen LogP) is 1.37. The van der Waals surface area contributed by atoms with E-state index in [1.165, 1.54) is 10.2 Å². The molecule has 1 heterocycles. The van der Waals surface area contributed by atoms with Gasteiger partial charge in [0.1, 0.15) is 12.4 Å². The molecule has 0 bridgehead atoms. The second-order valence-electron chi connectivity index (χ2n) is 5.89. The van der Waals surface area contributed by atoms with Crippen molar-refractivity contribution in [2.24, 2.45) is 5.73 Å². The summed E-state index contributed by atoms with van der Waals surface area (Å²) in [6, 6.07) is 6.88. The topological polar surface area (TPSA) is 138 Å². The molecule has 10 heteroatoms. The molecule has 1 aromatic carbocycles. The Hall–Kier alpha value is -2.75. The van der Waals surface area contributed by atoms with Crippen LogP contribution in [0.2, 0.25) is 0 Å². The first-order valence-electron chi connectivity index (χ1n) is 7.97. The number of hydrogen-bond acceptors (Lipinski definition) is 7. The van der Waals surface area contributed by atoms with Crippen LogP contribution in [0.3, 0.4) is 0 Å². The van der Waals surface area contributed by atoms with Crippen molar-refractivity contribution in [3.8, 4) is 5.75 Å². The Labute approximate surface area is 155 Å². The first-order chi connectivity index (χ1) is 12.3. The van der Waals surface area contributed by atoms with Gasteiger partial charge in [0.2, 0.25) is 11.1 Å². The van der Waals surface area contributed by atoms with Crippen molar-refractivity contribution < 1.29 is 14.3 Å². The van der Waals surface area contributed by atoms with Gasteiger partial charge in [-0.05, 0) is 30.5 Å². The van der Waals surface area contributed by atoms with E-state index in [0.717, 1.165) is 11.8 Å². The van der Waals surface area contributed by atoms with E-state index >= 15 is 0 Å². The van der Waals surface area contributed by atoms with Crippen molar-refractivity contribution in [1.29, 1.82) is 0 Å². The number of primary amides is 1. The van der Waals surface area contributed by atoms with Crippen LogP contribution in [-0.4, -0.2) is 32.1 Å². The average molecular weight is 378 g/mol. The lowest BCUT2D eigenvalue weighted by molar-refractivity contribution is -0.119. The van der Waals surface area contributed by atoms with E-state index in [4.69, 9.17) is 16.3 Å². The number of thioether (sulfide) groups is 1. The van der Waals surface area contributed by atoms with Crippen LogP contribution >= 0.6 is 11.8 Å². The van der Waals surface area contributed by atoms with E-state index in [2.05, 4.69) is 24.0 Å². The molecule has 3 amide bonds. The summed E-state index contributed by atoms with van der Waals surface area (Å²) >= 11 is 1.06. The number of rotatable bonds is 7. The summed E-state index contributed by atoms with van der Waals surface area (Å²) in [5.41, 5.74) is 6.15. The van der Waals surface area contributed by atoms with Crippen molar-refractivity contribution in [1.82, 2.24) is 20.2 Å². The fourth-order valence-electron chi connectivity index (χ4n) is 2.02. The number of aromatic nitrogens is 3. The van der Waals surface area contributed by atoms with Crippen molar-refractivity contribution in [2.75, 3.05) is 5.84 Å². The Kier molecular flexibility index (Phi) is 6.45. The van der Waals surface area contributed by atoms with Gasteiger partial charge in [-0.15, -0.1) is 10.2 Å². The van der Waals surface area contributed by atoms with Gasteiger partial charge in [-0.3, -0.25) is 10.1 Å². The normalized spacial score (nSPS) is 12.0. The molecule has 0 aliphatic heterocycles. The van der Waals surface area contributed by atoms with Crippen LogP contribution in [-0.2, 0) is 11.4 Å². The summed E-state index contributed by atoms with van der Waals surface area (Å²) in [6.07, 6.45) is 0. The van der Waals surface area contributed by atoms with Gasteiger partial charge < -0.3 is 16.3 Å². The zero-order valence-corrected chi connectivity index (χ0v) is 15.6. The van der Waals surface area contributed by atoms with Crippen LogP contribution in [0.15, 0.2) is 29.4 Å². The molecule has 0 saturated heterocycles. The van der Waals surface area contributed by atoms with E-state index in [1.54, 1.807) is 6.92 Å². The highest BCUT2D eigenvalue weighted by Gasteiger charge is 2.20. The number of urea groups is 1. The number of imide groups is 1. The Morgan fingerprint density at radius 3 is 2.46 bits per heavy atom. The minimum absolute atomic E-state index is 0.132. The lowest BCUT2D eigenvalue weighted by Crippen LogP contribution is -2.39. The summed E-state index contributed by atoms with van der Waals surface area (Å²) in [5, 5.41) is 9.62. The third kappa shape index (κ3) is 5.12. The van der Waals surface area contributed by atoms with E-state index < -0.39 is 17.2 Å². The molecule has 1 atom stereocenters. The number of ether oxygens (including phenoxy) is 1. The number of carbonyl (C=O) groups excluding carboxylic acids is 2. The third-order valence-corrected chi connectivity index (χ3v) is 4.60. The van der Waals surface area contributed by atoms with Crippen LogP contribution in [0.25, 0.3) is 0 Å². The monoisotopic (exact) mass is 378 g/mol. The second kappa shape index (κ2) is 8.56. The molecule has 2 rings (SSSR count). The summed E-state index contributed by atoms with van der Waals surface area (Å²) in [5.74, 6) is 6.96. The van der Waals surface area contributed by atoms with Crippen molar-refractivity contribution in [3.05, 3.63) is 35.7 Å². The van der Waals surface area contributed by atoms with Crippen molar-refractivity contribution >= 4 is 23.7 Å². The molecule has 2 aromatic rings. The van der Waals surface area contributed by atoms with E-state index in [-0.39, 0.29) is 6.61 Å². The van der Waals surface area contributed by atoms with Gasteiger partial charge in [0.05, 0.1) is 5.25 Å². The van der Waals surface area contributed by atoms with Gasteiger partial charge in [-0.2, -0.15) is 0 Å². The maximum Gasteiger partial charge on any atom is 0.318 e. The number of nitrogens with zero attached hydrogens (tertiary/aromatic N) is 3. The predicted molar refractivity (Wildman–Crippen MR) is 98.1 cm³/mol. The first-order valence-corrected chi connectivity index (χ1v) is 8.85. The largest absolute Gasteiger partial charge is 0.486 e. The van der Waals surface area contributed by atoms with Crippen LogP contribution in [0, 0.1) is 0 Å². The van der Waals surface area contributed by atoms with Crippen LogP contribution in [0.5, 0.6) is 5.75 Å². The quantitative estimate of drug-likeness (QED) is 0.488. The first kappa shape index (κ1) is 19.6. The molecular formula is C16H22N6O3S. The molecule has 0 fully saturated rings. The summed E-state index contributed by atoms with van der Waals surface area (Å²) in [6.45, 7) is 5.98. The molecule has 0 radical (unpaired) electrons. The molecule has 9 nitrogen and oxygen atoms in total. The number of nitrogens with one attached hydrogen (secondary N) is 1. The highest BCUT2D eigenvalue weighted by molar-refractivity contribution is 8.00. The average Bonchev–Trinajstić information content (AvgIpc) is 2.92. The molecule has 0 aliphatic rings. The highest BCUT2D eigenvalue weighted by Crippen LogP contribution is 2.22. The molecule has 0 saturated carbocycles. The smallest absolute Gasteiger partial charge is 0.318 e. The lowest BCUT2D eigenvalue weighted by Gasteiger charge is -2.10. The second-order valence-corrected chi connectivity index (χ2v) is 7.20. The van der Waals surface area contributed by atoms with Crippen LogP contribution in [0.4, 0.5) is 4.79 Å². The summed E-state index contributed by atoms with van der Waals surface area (Å²) < 4.78 is 6.92. The Morgan fingerprint density at radius 1 is 1.23 bits per heavy atom. The van der Waals surface area contributed by atoms with Gasteiger partial charge in [0, 0.05) is 0 Å². The molecular weight excluding hydrogens is 356 g/mol. The minimum Gasteiger partial charge on any atom is -0.486 e. The van der Waals surface area contributed by atoms with Crippen molar-refractivity contribution in [3.63, 3.8) is 0 Å². The highest BCUT2D eigenvalue weighted by atomic mass is 32.2. The summed E-state index contributed by atoms with van der Waals surface area (Å²) in [7, 11) is 0. The molecule has 0 aliphatic carbocycles. The van der Waals surface area contributed by atoms with Gasteiger partial charge in [0.15, 0.2) is 5.82 Å². The van der Waals surface area contributed by atoms with Gasteiger partial charge in [0.25, 0.3) is 0 Å². The van der Waals surface area contributed by atoms with E-state index in [0.29, 0.717) is 22.6 Å². The maximum atomic E-state index is 11.7. The maximum absolute atomic E-state index is 11.7. The SMILES string of the molecule is CC(C)c1ccc(OCc2nnc(S[C@H](C)C(=O)NC(N)=O)n2N)cc1. The Morgan fingerprint density at radius 2 is 1.88 bits per heavy atom. The van der Waals surface area contributed by atoms with Gasteiger partial charge in [-0.1, -0.05) is 37.7 Å². The van der Waals surface area contributed by atoms with E-state index in [9.17, 15) is 9.59 Å². The summed E-state index contributed by atoms with van der Waals surface area (Å²) in [4.78, 5) is 22.4. The Balaban J connectivity index is 1.95. The van der Waals surface area contributed by atoms with Gasteiger partial charge in [-0.25, -0.2) is 9.47 Å². The Bertz CT molecular complexity index is 775. The number of carbonyl (C=O) groups is 2. The third-order valence-electron chi connectivity index (χ3n) is 3.55. The standard InChI is InChI=1S/C16H22N6O3S/c1-9(2)11-4-6-12(7-5-11)25-8-13-20-21-16(22(13)18)26-10(3)14(23)19-15(17)24/h4-7,9-10H,8,18H2,1-3H3,(H3,17,19,23,24)/t10-/m1/s1. The fourth-order valence-corrected chi connectivity index (χ4v) is 2.81. The zero-order valence-electron chi connectivity index (χ0n) is 14.8. The fraction of sp³-hybridized carbons (Fsp3) is 0.375. The van der Waals surface area contributed by atoms with E-state index in [1.807, 2.05) is 29.6 Å². The molecule has 0 spiro atoms. The van der Waals surface area contributed by atoms with Crippen LogP contribution < -0.4 is 21.6 Å². The number of nitrogen functional groups attached to an aromatic ring is 1. The number of hydrogen-bond donors (Lipinski definition) is 3. The minimum atomic E-state index is -0.908. The van der Waals surface area contributed by atoms with Crippen LogP contribution in [0.1, 0.15) is 38.1 Å².